The number of para-hydroxylation sites is 1. The van der Waals surface area contributed by atoms with Crippen molar-refractivity contribution in [1.82, 2.24) is 24.6 Å². The van der Waals surface area contributed by atoms with Gasteiger partial charge in [0.2, 0.25) is 0 Å². The molecule has 4 N–H and O–H groups in total. The first-order chi connectivity index (χ1) is 17.4. The van der Waals surface area contributed by atoms with E-state index in [1.165, 1.54) is 9.25 Å². The van der Waals surface area contributed by atoms with E-state index in [-0.39, 0.29) is 16.9 Å². The lowest BCUT2D eigenvalue weighted by molar-refractivity contribution is 0.0939. The van der Waals surface area contributed by atoms with E-state index >= 15 is 0 Å². The van der Waals surface area contributed by atoms with Crippen LogP contribution in [0.5, 0.6) is 0 Å². The van der Waals surface area contributed by atoms with Crippen molar-refractivity contribution in [2.24, 2.45) is 7.05 Å². The fourth-order valence-corrected chi connectivity index (χ4v) is 4.08. The molecule has 0 aliphatic carbocycles. The maximum Gasteiger partial charge on any atom is 0.267 e. The molecular formula is C27H27N7O2. The summed E-state index contributed by atoms with van der Waals surface area (Å²) in [6, 6.07) is 13.9. The van der Waals surface area contributed by atoms with Crippen LogP contribution < -0.4 is 21.9 Å². The Labute approximate surface area is 208 Å². The van der Waals surface area contributed by atoms with Gasteiger partial charge in [0, 0.05) is 19.2 Å². The van der Waals surface area contributed by atoms with Gasteiger partial charge in [-0.2, -0.15) is 5.10 Å². The first-order valence-corrected chi connectivity index (χ1v) is 11.4. The van der Waals surface area contributed by atoms with Crippen molar-refractivity contribution < 1.29 is 4.79 Å². The van der Waals surface area contributed by atoms with Gasteiger partial charge in [-0.25, -0.2) is 4.98 Å². The maximum absolute atomic E-state index is 13.8. The van der Waals surface area contributed by atoms with Gasteiger partial charge >= 0.3 is 0 Å². The number of aryl methyl sites for hydroxylation is 1. The van der Waals surface area contributed by atoms with E-state index in [0.29, 0.717) is 40.3 Å². The SMILES string of the molecule is C=CCNc1c(C(=O)NC(C)c2nc3cccc(C#CC)c3c(=O)n2-c2ccccc2)c(N)nn1C. The summed E-state index contributed by atoms with van der Waals surface area (Å²) < 4.78 is 3.01. The molecule has 0 saturated carbocycles. The Bertz CT molecular complexity index is 1570. The summed E-state index contributed by atoms with van der Waals surface area (Å²) in [6.45, 7) is 7.61. The zero-order valence-corrected chi connectivity index (χ0v) is 20.4. The number of carbonyl (C=O) groups excluding carboxylic acids is 1. The van der Waals surface area contributed by atoms with Gasteiger partial charge in [-0.15, -0.1) is 12.5 Å². The van der Waals surface area contributed by atoms with Crippen LogP contribution in [0.3, 0.4) is 0 Å². The van der Waals surface area contributed by atoms with Crippen LogP contribution in [0.25, 0.3) is 16.6 Å². The van der Waals surface area contributed by atoms with E-state index in [1.54, 1.807) is 39.1 Å². The number of carbonyl (C=O) groups is 1. The Kier molecular flexibility index (Phi) is 6.88. The van der Waals surface area contributed by atoms with Crippen molar-refractivity contribution in [2.45, 2.75) is 19.9 Å². The first-order valence-electron chi connectivity index (χ1n) is 11.4. The molecule has 2 aromatic heterocycles. The molecule has 0 bridgehead atoms. The average molecular weight is 482 g/mol. The standard InChI is InChI=1S/C27H27N7O2/c1-5-11-18-12-10-15-20-21(18)27(36)34(19-13-8-7-9-14-19)24(31-20)17(3)30-26(35)22-23(28)32-33(4)25(22)29-16-6-2/h6-10,12-15,17,29H,2,16H2,1,3-4H3,(H2,28,32)(H,30,35). The summed E-state index contributed by atoms with van der Waals surface area (Å²) in [6.07, 6.45) is 1.67. The van der Waals surface area contributed by atoms with E-state index in [4.69, 9.17) is 10.7 Å². The van der Waals surface area contributed by atoms with Gasteiger partial charge in [-0.1, -0.05) is 36.3 Å². The lowest BCUT2D eigenvalue weighted by Gasteiger charge is -2.20. The van der Waals surface area contributed by atoms with Crippen LogP contribution in [-0.4, -0.2) is 31.8 Å². The third-order valence-corrected chi connectivity index (χ3v) is 5.65. The van der Waals surface area contributed by atoms with Gasteiger partial charge in [0.1, 0.15) is 17.2 Å². The molecule has 0 radical (unpaired) electrons. The number of hydrogen-bond donors (Lipinski definition) is 3. The Balaban J connectivity index is 1.84. The van der Waals surface area contributed by atoms with Gasteiger partial charge < -0.3 is 16.4 Å². The molecule has 0 aliphatic rings. The number of nitrogens with one attached hydrogen (secondary N) is 2. The topological polar surface area (TPSA) is 120 Å². The number of hydrogen-bond acceptors (Lipinski definition) is 6. The highest BCUT2D eigenvalue weighted by atomic mass is 16.2. The highest BCUT2D eigenvalue weighted by Gasteiger charge is 2.25. The van der Waals surface area contributed by atoms with Gasteiger partial charge in [-0.3, -0.25) is 18.8 Å². The number of anilines is 2. The fourth-order valence-electron chi connectivity index (χ4n) is 4.08. The monoisotopic (exact) mass is 481 g/mol. The molecule has 4 aromatic rings. The van der Waals surface area contributed by atoms with E-state index < -0.39 is 11.9 Å². The van der Waals surface area contributed by atoms with Crippen LogP contribution in [0.2, 0.25) is 0 Å². The number of nitrogens with two attached hydrogens (primary N) is 1. The van der Waals surface area contributed by atoms with E-state index in [2.05, 4.69) is 34.2 Å². The number of rotatable bonds is 7. The summed E-state index contributed by atoms with van der Waals surface area (Å²) in [7, 11) is 1.69. The maximum atomic E-state index is 13.8. The molecule has 36 heavy (non-hydrogen) atoms. The summed E-state index contributed by atoms with van der Waals surface area (Å²) in [5, 5.41) is 10.6. The van der Waals surface area contributed by atoms with E-state index in [0.717, 1.165) is 0 Å². The van der Waals surface area contributed by atoms with Gasteiger partial charge in [0.05, 0.1) is 22.6 Å². The van der Waals surface area contributed by atoms with E-state index in [9.17, 15) is 9.59 Å². The molecule has 2 heterocycles. The van der Waals surface area contributed by atoms with Crippen LogP contribution in [0.4, 0.5) is 11.6 Å². The summed E-state index contributed by atoms with van der Waals surface area (Å²) in [4.78, 5) is 32.0. The minimum Gasteiger partial charge on any atom is -0.381 e. The molecule has 1 atom stereocenters. The van der Waals surface area contributed by atoms with Gasteiger partial charge in [0.15, 0.2) is 5.82 Å². The van der Waals surface area contributed by atoms with Gasteiger partial charge in [0.25, 0.3) is 11.5 Å². The molecule has 0 aliphatic heterocycles. The molecular weight excluding hydrogens is 454 g/mol. The molecule has 1 amide bonds. The van der Waals surface area contributed by atoms with Crippen LogP contribution in [0.15, 0.2) is 66.0 Å². The predicted octanol–water partition coefficient (Wildman–Crippen LogP) is 3.16. The zero-order valence-electron chi connectivity index (χ0n) is 20.4. The van der Waals surface area contributed by atoms with Crippen molar-refractivity contribution in [3.63, 3.8) is 0 Å². The summed E-state index contributed by atoms with van der Waals surface area (Å²) in [5.41, 5.74) is 7.72. The van der Waals surface area contributed by atoms with E-state index in [1.807, 2.05) is 36.4 Å². The summed E-state index contributed by atoms with van der Waals surface area (Å²) >= 11 is 0. The van der Waals surface area contributed by atoms with Crippen molar-refractivity contribution in [3.05, 3.63) is 88.5 Å². The second kappa shape index (κ2) is 10.2. The second-order valence-corrected chi connectivity index (χ2v) is 8.12. The number of fused-ring (bicyclic) bond motifs is 1. The Morgan fingerprint density at radius 3 is 2.67 bits per heavy atom. The molecule has 182 valence electrons. The molecule has 1 unspecified atom stereocenters. The van der Waals surface area contributed by atoms with Crippen molar-refractivity contribution in [3.8, 4) is 17.5 Å². The molecule has 4 rings (SSSR count). The minimum absolute atomic E-state index is 0.0865. The molecule has 0 saturated heterocycles. The third-order valence-electron chi connectivity index (χ3n) is 5.65. The Morgan fingerprint density at radius 1 is 1.22 bits per heavy atom. The number of aromatic nitrogens is 4. The molecule has 0 spiro atoms. The van der Waals surface area contributed by atoms with Crippen LogP contribution in [0, 0.1) is 11.8 Å². The van der Waals surface area contributed by atoms with Crippen molar-refractivity contribution in [2.75, 3.05) is 17.6 Å². The van der Waals surface area contributed by atoms with Crippen molar-refractivity contribution >= 4 is 28.4 Å². The Hall–Kier alpha value is -4.84. The number of amides is 1. The third kappa shape index (κ3) is 4.44. The predicted molar refractivity (Wildman–Crippen MR) is 142 cm³/mol. The molecule has 9 heteroatoms. The average Bonchev–Trinajstić information content (AvgIpc) is 3.15. The lowest BCUT2D eigenvalue weighted by atomic mass is 10.1. The van der Waals surface area contributed by atoms with Crippen LogP contribution in [0.1, 0.15) is 41.6 Å². The molecule has 9 nitrogen and oxygen atoms in total. The first kappa shape index (κ1) is 24.3. The van der Waals surface area contributed by atoms with Crippen LogP contribution in [-0.2, 0) is 7.05 Å². The number of nitrogens with zero attached hydrogens (tertiary/aromatic N) is 4. The highest BCUT2D eigenvalue weighted by Crippen LogP contribution is 2.24. The van der Waals surface area contributed by atoms with Gasteiger partial charge in [-0.05, 0) is 38.1 Å². The normalized spacial score (nSPS) is 11.4. The van der Waals surface area contributed by atoms with Crippen LogP contribution >= 0.6 is 0 Å². The second-order valence-electron chi connectivity index (χ2n) is 8.12. The minimum atomic E-state index is -0.650. The lowest BCUT2D eigenvalue weighted by Crippen LogP contribution is -2.34. The summed E-state index contributed by atoms with van der Waals surface area (Å²) in [5.74, 6) is 6.33. The zero-order chi connectivity index (χ0) is 25.8. The quantitative estimate of drug-likeness (QED) is 0.276. The fraction of sp³-hybridized carbons (Fsp3) is 0.185. The number of benzene rings is 2. The highest BCUT2D eigenvalue weighted by molar-refractivity contribution is 6.03. The molecule has 2 aromatic carbocycles. The largest absolute Gasteiger partial charge is 0.381 e. The Morgan fingerprint density at radius 2 is 1.97 bits per heavy atom. The number of nitrogen functional groups attached to an aromatic ring is 1. The smallest absolute Gasteiger partial charge is 0.267 e. The van der Waals surface area contributed by atoms with Crippen molar-refractivity contribution in [1.29, 1.82) is 0 Å². The molecule has 0 fully saturated rings.